The average Bonchev–Trinajstić information content (AvgIpc) is 2.80. The van der Waals surface area contributed by atoms with Gasteiger partial charge in [0.15, 0.2) is 15.2 Å². The summed E-state index contributed by atoms with van der Waals surface area (Å²) in [7, 11) is 1.63. The highest BCUT2D eigenvalue weighted by atomic mass is 35.5. The molecule has 0 bridgehead atoms. The van der Waals surface area contributed by atoms with E-state index in [1.165, 1.54) is 0 Å². The van der Waals surface area contributed by atoms with Crippen molar-refractivity contribution >= 4 is 39.9 Å². The van der Waals surface area contributed by atoms with Crippen molar-refractivity contribution in [2.45, 2.75) is 12.8 Å². The molecule has 1 saturated heterocycles. The second-order valence-corrected chi connectivity index (χ2v) is 5.63. The fourth-order valence-electron chi connectivity index (χ4n) is 2.10. The van der Waals surface area contributed by atoms with Gasteiger partial charge >= 0.3 is 5.97 Å². The fourth-order valence-corrected chi connectivity index (χ4v) is 3.27. The lowest BCUT2D eigenvalue weighted by molar-refractivity contribution is -0.125. The summed E-state index contributed by atoms with van der Waals surface area (Å²) < 4.78 is 0. The highest BCUT2D eigenvalue weighted by Crippen LogP contribution is 2.32. The van der Waals surface area contributed by atoms with Gasteiger partial charge in [-0.1, -0.05) is 22.9 Å². The van der Waals surface area contributed by atoms with E-state index in [2.05, 4.69) is 10.3 Å². The normalized spacial score (nSPS) is 16.4. The molecule has 0 unspecified atom stereocenters. The molecule has 0 atom stereocenters. The van der Waals surface area contributed by atoms with Gasteiger partial charge in [-0.3, -0.25) is 4.79 Å². The van der Waals surface area contributed by atoms with E-state index in [1.807, 2.05) is 4.90 Å². The molecular formula is C11H14ClN3O3S. The predicted molar refractivity (Wildman–Crippen MR) is 73.1 cm³/mol. The molecule has 1 aliphatic rings. The highest BCUT2D eigenvalue weighted by molar-refractivity contribution is 7.18. The largest absolute Gasteiger partial charge is 0.477 e. The van der Waals surface area contributed by atoms with Crippen LogP contribution < -0.4 is 10.2 Å². The summed E-state index contributed by atoms with van der Waals surface area (Å²) in [6.07, 6.45) is 1.47. The van der Waals surface area contributed by atoms with Crippen LogP contribution in [0.5, 0.6) is 0 Å². The van der Waals surface area contributed by atoms with Crippen molar-refractivity contribution in [3.63, 3.8) is 0 Å². The van der Waals surface area contributed by atoms with Crippen LogP contribution >= 0.6 is 22.9 Å². The first-order chi connectivity index (χ1) is 9.02. The monoisotopic (exact) mass is 303 g/mol. The van der Waals surface area contributed by atoms with Gasteiger partial charge in [-0.05, 0) is 12.8 Å². The molecule has 2 rings (SSSR count). The number of carbonyl (C=O) groups is 2. The summed E-state index contributed by atoms with van der Waals surface area (Å²) in [6.45, 7) is 1.36. The van der Waals surface area contributed by atoms with E-state index in [0.717, 1.165) is 24.2 Å². The maximum Gasteiger partial charge on any atom is 0.349 e. The third kappa shape index (κ3) is 2.98. The number of carboxylic acids is 1. The quantitative estimate of drug-likeness (QED) is 0.883. The van der Waals surface area contributed by atoms with Gasteiger partial charge in [0, 0.05) is 26.1 Å². The van der Waals surface area contributed by atoms with Gasteiger partial charge in [-0.25, -0.2) is 9.78 Å². The van der Waals surface area contributed by atoms with Gasteiger partial charge in [0.05, 0.1) is 0 Å². The summed E-state index contributed by atoms with van der Waals surface area (Å²) in [5, 5.41) is 12.2. The lowest BCUT2D eigenvalue weighted by Crippen LogP contribution is -2.39. The zero-order valence-electron chi connectivity index (χ0n) is 10.4. The lowest BCUT2D eigenvalue weighted by Gasteiger charge is -2.30. The molecule has 8 heteroatoms. The average molecular weight is 304 g/mol. The lowest BCUT2D eigenvalue weighted by atomic mass is 9.96. The molecule has 2 N–H and O–H groups in total. The number of piperidine rings is 1. The number of hydrogen-bond donors (Lipinski definition) is 2. The Labute approximate surface area is 119 Å². The summed E-state index contributed by atoms with van der Waals surface area (Å²) in [5.41, 5.74) is 0. The minimum Gasteiger partial charge on any atom is -0.477 e. The number of halogens is 1. The molecular weight excluding hydrogens is 290 g/mol. The second kappa shape index (κ2) is 5.75. The number of carboxylic acid groups (broad SMARTS) is 1. The van der Waals surface area contributed by atoms with E-state index in [4.69, 9.17) is 16.7 Å². The van der Waals surface area contributed by atoms with Gasteiger partial charge in [-0.2, -0.15) is 0 Å². The van der Waals surface area contributed by atoms with Crippen LogP contribution in [0.3, 0.4) is 0 Å². The van der Waals surface area contributed by atoms with Crippen LogP contribution in [0.25, 0.3) is 0 Å². The first-order valence-electron chi connectivity index (χ1n) is 5.89. The molecule has 104 valence electrons. The van der Waals surface area contributed by atoms with Gasteiger partial charge < -0.3 is 15.3 Å². The molecule has 0 radical (unpaired) electrons. The predicted octanol–water partition coefficient (Wildman–Crippen LogP) is 1.46. The van der Waals surface area contributed by atoms with E-state index in [-0.39, 0.29) is 21.9 Å². The van der Waals surface area contributed by atoms with Gasteiger partial charge in [0.25, 0.3) is 0 Å². The van der Waals surface area contributed by atoms with Crippen LogP contribution in [0, 0.1) is 5.92 Å². The van der Waals surface area contributed by atoms with E-state index in [0.29, 0.717) is 18.2 Å². The van der Waals surface area contributed by atoms with E-state index < -0.39 is 5.97 Å². The van der Waals surface area contributed by atoms with Gasteiger partial charge in [-0.15, -0.1) is 0 Å². The fraction of sp³-hybridized carbons (Fsp3) is 0.545. The number of thiazole rings is 1. The molecule has 0 spiro atoms. The molecule has 1 aromatic heterocycles. The first-order valence-corrected chi connectivity index (χ1v) is 7.08. The number of nitrogens with zero attached hydrogens (tertiary/aromatic N) is 2. The van der Waals surface area contributed by atoms with Crippen LogP contribution in [0.2, 0.25) is 5.15 Å². The minimum atomic E-state index is -1.06. The molecule has 2 heterocycles. The molecule has 1 amide bonds. The van der Waals surface area contributed by atoms with Gasteiger partial charge in [0.1, 0.15) is 0 Å². The molecule has 0 aromatic carbocycles. The number of rotatable bonds is 3. The van der Waals surface area contributed by atoms with Crippen molar-refractivity contribution in [2.24, 2.45) is 5.92 Å². The van der Waals surface area contributed by atoms with Gasteiger partial charge in [0.2, 0.25) is 5.91 Å². The smallest absolute Gasteiger partial charge is 0.349 e. The first kappa shape index (κ1) is 14.1. The van der Waals surface area contributed by atoms with E-state index in [1.54, 1.807) is 7.05 Å². The number of nitrogens with one attached hydrogen (secondary N) is 1. The number of aromatic nitrogens is 1. The maximum absolute atomic E-state index is 11.5. The minimum absolute atomic E-state index is 0.0237. The molecule has 1 aliphatic heterocycles. The summed E-state index contributed by atoms with van der Waals surface area (Å²) in [5.74, 6) is -0.979. The number of carbonyl (C=O) groups excluding carboxylic acids is 1. The summed E-state index contributed by atoms with van der Waals surface area (Å²) >= 11 is 6.86. The van der Waals surface area contributed by atoms with Crippen molar-refractivity contribution in [2.75, 3.05) is 25.0 Å². The Bertz CT molecular complexity index is 497. The van der Waals surface area contributed by atoms with Crippen LogP contribution in [-0.2, 0) is 4.79 Å². The van der Waals surface area contributed by atoms with Crippen molar-refractivity contribution in [3.8, 4) is 0 Å². The van der Waals surface area contributed by atoms with Crippen molar-refractivity contribution in [1.82, 2.24) is 10.3 Å². The Hall–Kier alpha value is -1.34. The summed E-state index contributed by atoms with van der Waals surface area (Å²) in [4.78, 5) is 28.5. The molecule has 0 aliphatic carbocycles. The zero-order valence-corrected chi connectivity index (χ0v) is 11.9. The van der Waals surface area contributed by atoms with E-state index in [9.17, 15) is 9.59 Å². The SMILES string of the molecule is CNC(=O)C1CCN(c2nc(Cl)c(C(=O)O)s2)CC1. The molecule has 1 aromatic rings. The van der Waals surface area contributed by atoms with E-state index >= 15 is 0 Å². The molecule has 6 nitrogen and oxygen atoms in total. The van der Waals surface area contributed by atoms with Crippen molar-refractivity contribution in [3.05, 3.63) is 10.0 Å². The van der Waals surface area contributed by atoms with Crippen LogP contribution in [0.15, 0.2) is 0 Å². The topological polar surface area (TPSA) is 82.5 Å². The molecule has 1 fully saturated rings. The number of amides is 1. The van der Waals surface area contributed by atoms with Crippen molar-refractivity contribution < 1.29 is 14.7 Å². The Morgan fingerprint density at radius 1 is 1.47 bits per heavy atom. The standard InChI is InChI=1S/C11H14ClN3O3S/c1-13-9(16)6-2-4-15(5-3-6)11-14-8(12)7(19-11)10(17)18/h6H,2-5H2,1H3,(H,13,16)(H,17,18). The zero-order chi connectivity index (χ0) is 14.0. The summed E-state index contributed by atoms with van der Waals surface area (Å²) in [6, 6.07) is 0. The van der Waals surface area contributed by atoms with Crippen LogP contribution in [-0.4, -0.2) is 42.1 Å². The van der Waals surface area contributed by atoms with Crippen LogP contribution in [0.1, 0.15) is 22.5 Å². The Balaban J connectivity index is 2.04. The second-order valence-electron chi connectivity index (χ2n) is 4.30. The number of hydrogen-bond acceptors (Lipinski definition) is 5. The Kier molecular flexibility index (Phi) is 4.26. The third-order valence-corrected chi connectivity index (χ3v) is 4.64. The van der Waals surface area contributed by atoms with Crippen molar-refractivity contribution in [1.29, 1.82) is 0 Å². The Morgan fingerprint density at radius 3 is 2.58 bits per heavy atom. The Morgan fingerprint density at radius 2 is 2.11 bits per heavy atom. The highest BCUT2D eigenvalue weighted by Gasteiger charge is 2.27. The molecule has 0 saturated carbocycles. The number of anilines is 1. The third-order valence-electron chi connectivity index (χ3n) is 3.15. The molecule has 19 heavy (non-hydrogen) atoms. The maximum atomic E-state index is 11.5. The number of aromatic carboxylic acids is 1. The van der Waals surface area contributed by atoms with Crippen LogP contribution in [0.4, 0.5) is 5.13 Å².